The number of para-hydroxylation sites is 2. The number of hydrogen-bond donors (Lipinski definition) is 2. The van der Waals surface area contributed by atoms with Crippen LogP contribution in [0.25, 0.3) is 35.1 Å². The zero-order valence-electron chi connectivity index (χ0n) is 15.5. The summed E-state index contributed by atoms with van der Waals surface area (Å²) in [7, 11) is 0. The van der Waals surface area contributed by atoms with E-state index in [0.29, 0.717) is 0 Å². The number of nitrogen functional groups attached to an aromatic ring is 2. The van der Waals surface area contributed by atoms with Crippen LogP contribution >= 0.6 is 0 Å². The molecule has 4 rings (SSSR count). The molecule has 4 aromatic rings. The summed E-state index contributed by atoms with van der Waals surface area (Å²) >= 11 is 0. The summed E-state index contributed by atoms with van der Waals surface area (Å²) < 4.78 is 0. The molecule has 0 saturated heterocycles. The van der Waals surface area contributed by atoms with Gasteiger partial charge in [0.15, 0.2) is 0 Å². The van der Waals surface area contributed by atoms with Gasteiger partial charge in [0.2, 0.25) is 0 Å². The first-order chi connectivity index (χ1) is 13.7. The van der Waals surface area contributed by atoms with Crippen molar-refractivity contribution in [2.24, 2.45) is 0 Å². The number of nitrogens with two attached hydrogens (primary N) is 2. The second kappa shape index (κ2) is 7.85. The highest BCUT2D eigenvalue weighted by molar-refractivity contribution is 5.91. The molecule has 0 atom stereocenters. The van der Waals surface area contributed by atoms with Crippen molar-refractivity contribution in [3.05, 3.63) is 107 Å². The molecule has 0 bridgehead atoms. The van der Waals surface area contributed by atoms with E-state index in [4.69, 9.17) is 11.5 Å². The minimum absolute atomic E-state index is 0.758. The van der Waals surface area contributed by atoms with Crippen LogP contribution in [0.4, 0.5) is 11.4 Å². The largest absolute Gasteiger partial charge is 0.398 e. The smallest absolute Gasteiger partial charge is 0.0387 e. The van der Waals surface area contributed by atoms with Gasteiger partial charge in [-0.1, -0.05) is 85.0 Å². The lowest BCUT2D eigenvalue weighted by Gasteiger charge is -2.06. The molecule has 0 aliphatic heterocycles. The molecule has 4 N–H and O–H groups in total. The van der Waals surface area contributed by atoms with E-state index in [1.807, 2.05) is 72.8 Å². The van der Waals surface area contributed by atoms with Crippen LogP contribution in [0.1, 0.15) is 22.3 Å². The monoisotopic (exact) mass is 361 g/mol. The number of benzene rings is 4. The van der Waals surface area contributed by atoms with Crippen molar-refractivity contribution < 1.29 is 0 Å². The topological polar surface area (TPSA) is 52.0 Å². The van der Waals surface area contributed by atoms with Crippen molar-refractivity contribution in [1.29, 1.82) is 0 Å². The lowest BCUT2D eigenvalue weighted by molar-refractivity contribution is 1.62. The molecule has 1 radical (unpaired) electrons. The van der Waals surface area contributed by atoms with E-state index in [2.05, 4.69) is 36.4 Å². The molecule has 2 nitrogen and oxygen atoms in total. The number of anilines is 2. The van der Waals surface area contributed by atoms with Crippen molar-refractivity contribution in [3.8, 4) is 0 Å². The van der Waals surface area contributed by atoms with Gasteiger partial charge < -0.3 is 11.5 Å². The number of rotatable bonds is 4. The fraction of sp³-hybridized carbons (Fsp3) is 0. The molecule has 0 aliphatic carbocycles. The van der Waals surface area contributed by atoms with Crippen LogP contribution in [-0.2, 0) is 0 Å². The van der Waals surface area contributed by atoms with Crippen molar-refractivity contribution in [1.82, 2.24) is 0 Å². The maximum Gasteiger partial charge on any atom is 0.0387 e. The first-order valence-electron chi connectivity index (χ1n) is 9.21. The van der Waals surface area contributed by atoms with E-state index < -0.39 is 0 Å². The maximum atomic E-state index is 6.08. The molecular formula is C26H21N2. The van der Waals surface area contributed by atoms with E-state index in [1.54, 1.807) is 0 Å². The van der Waals surface area contributed by atoms with Crippen LogP contribution in [0.3, 0.4) is 0 Å². The van der Waals surface area contributed by atoms with Gasteiger partial charge in [0.05, 0.1) is 0 Å². The zero-order chi connectivity index (χ0) is 19.3. The number of hydrogen-bond acceptors (Lipinski definition) is 2. The maximum absolute atomic E-state index is 6.08. The fourth-order valence-electron chi connectivity index (χ4n) is 3.15. The third-order valence-electron chi connectivity index (χ3n) is 4.72. The third kappa shape index (κ3) is 3.81. The highest BCUT2D eigenvalue weighted by Gasteiger charge is 2.03. The van der Waals surface area contributed by atoms with Crippen LogP contribution < -0.4 is 11.5 Å². The van der Waals surface area contributed by atoms with Gasteiger partial charge in [-0.15, -0.1) is 0 Å². The van der Waals surface area contributed by atoms with Crippen molar-refractivity contribution in [3.63, 3.8) is 0 Å². The summed E-state index contributed by atoms with van der Waals surface area (Å²) in [6.45, 7) is 0. The molecule has 2 heteroatoms. The molecule has 0 unspecified atom stereocenters. The van der Waals surface area contributed by atoms with E-state index in [9.17, 15) is 0 Å². The Kier molecular flexibility index (Phi) is 4.94. The first-order valence-corrected chi connectivity index (χ1v) is 9.21. The Morgan fingerprint density at radius 1 is 0.571 bits per heavy atom. The first kappa shape index (κ1) is 17.6. The minimum atomic E-state index is 0.758. The van der Waals surface area contributed by atoms with Gasteiger partial charge in [-0.3, -0.25) is 0 Å². The van der Waals surface area contributed by atoms with Crippen LogP contribution in [0.15, 0.2) is 78.9 Å². The summed E-state index contributed by atoms with van der Waals surface area (Å²) in [5, 5.41) is 2.24. The normalized spacial score (nSPS) is 11.6. The molecule has 135 valence electrons. The van der Waals surface area contributed by atoms with Gasteiger partial charge in [0, 0.05) is 11.4 Å². The van der Waals surface area contributed by atoms with Gasteiger partial charge in [0.25, 0.3) is 0 Å². The van der Waals surface area contributed by atoms with E-state index in [0.717, 1.165) is 44.4 Å². The average Bonchev–Trinajstić information content (AvgIpc) is 2.72. The molecule has 0 aromatic heterocycles. The van der Waals surface area contributed by atoms with Crippen LogP contribution in [0.2, 0.25) is 0 Å². The van der Waals surface area contributed by atoms with Crippen LogP contribution in [-0.4, -0.2) is 0 Å². The van der Waals surface area contributed by atoms with E-state index in [1.165, 1.54) is 0 Å². The van der Waals surface area contributed by atoms with Gasteiger partial charge >= 0.3 is 0 Å². The second-order valence-electron chi connectivity index (χ2n) is 6.65. The Labute approximate surface area is 165 Å². The zero-order valence-corrected chi connectivity index (χ0v) is 15.5. The summed E-state index contributed by atoms with van der Waals surface area (Å²) in [6, 6.07) is 29.6. The van der Waals surface area contributed by atoms with E-state index >= 15 is 0 Å². The Bertz CT molecular complexity index is 1090. The van der Waals surface area contributed by atoms with Crippen molar-refractivity contribution >= 4 is 46.5 Å². The van der Waals surface area contributed by atoms with Gasteiger partial charge in [-0.05, 0) is 57.3 Å². The molecule has 0 aliphatic rings. The second-order valence-corrected chi connectivity index (χ2v) is 6.65. The standard InChI is InChI=1S/C26H21N2/c27-25-11-5-3-7-19(25)13-15-23-17-21-9-1-2-10-22(21)18-24(23)16-14-20-8-4-6-12-26(20)28/h1-17H,27-28H2/b15-13+,16-14+. The molecule has 0 fully saturated rings. The van der Waals surface area contributed by atoms with Gasteiger partial charge in [-0.2, -0.15) is 0 Å². The Morgan fingerprint density at radius 3 is 1.79 bits per heavy atom. The summed E-state index contributed by atoms with van der Waals surface area (Å²) in [4.78, 5) is 0. The van der Waals surface area contributed by atoms with Crippen LogP contribution in [0, 0.1) is 6.07 Å². The molecular weight excluding hydrogens is 340 g/mol. The summed E-state index contributed by atoms with van der Waals surface area (Å²) in [5.41, 5.74) is 17.7. The fourth-order valence-corrected chi connectivity index (χ4v) is 3.15. The molecule has 0 spiro atoms. The molecule has 28 heavy (non-hydrogen) atoms. The Hall–Kier alpha value is -3.78. The van der Waals surface area contributed by atoms with Crippen molar-refractivity contribution in [2.75, 3.05) is 11.5 Å². The van der Waals surface area contributed by atoms with E-state index in [-0.39, 0.29) is 0 Å². The van der Waals surface area contributed by atoms with Crippen molar-refractivity contribution in [2.45, 2.75) is 0 Å². The number of fused-ring (bicyclic) bond motifs is 1. The minimum Gasteiger partial charge on any atom is -0.398 e. The quantitative estimate of drug-likeness (QED) is 0.338. The molecule has 4 aromatic carbocycles. The SMILES string of the molecule is Nc1ccccc1/C=C/c1[c]c2ccccc2cc1/C=C/c1ccccc1N. The molecule has 0 heterocycles. The predicted octanol–water partition coefficient (Wildman–Crippen LogP) is 6.15. The summed E-state index contributed by atoms with van der Waals surface area (Å²) in [5.74, 6) is 0. The molecule has 0 saturated carbocycles. The highest BCUT2D eigenvalue weighted by atomic mass is 14.6. The highest BCUT2D eigenvalue weighted by Crippen LogP contribution is 2.25. The van der Waals surface area contributed by atoms with Crippen LogP contribution in [0.5, 0.6) is 0 Å². The predicted molar refractivity (Wildman–Crippen MR) is 122 cm³/mol. The lowest BCUT2D eigenvalue weighted by atomic mass is 9.98. The average molecular weight is 361 g/mol. The third-order valence-corrected chi connectivity index (χ3v) is 4.72. The molecule has 0 amide bonds. The lowest BCUT2D eigenvalue weighted by Crippen LogP contribution is -1.89. The Balaban J connectivity index is 1.79. The Morgan fingerprint density at radius 2 is 1.11 bits per heavy atom. The van der Waals surface area contributed by atoms with Gasteiger partial charge in [-0.25, -0.2) is 0 Å². The van der Waals surface area contributed by atoms with Gasteiger partial charge in [0.1, 0.15) is 0 Å². The summed E-state index contributed by atoms with van der Waals surface area (Å²) in [6.07, 6.45) is 8.22.